The minimum atomic E-state index is 0.654. The van der Waals surface area contributed by atoms with Gasteiger partial charge in [-0.3, -0.25) is 4.68 Å². The highest BCUT2D eigenvalue weighted by Gasteiger charge is 2.08. The van der Waals surface area contributed by atoms with Gasteiger partial charge < -0.3 is 10.5 Å². The highest BCUT2D eigenvalue weighted by Crippen LogP contribution is 2.32. The van der Waals surface area contributed by atoms with Crippen LogP contribution >= 0.6 is 11.8 Å². The number of nitrogens with two attached hydrogens (primary N) is 1. The maximum absolute atomic E-state index is 5.78. The van der Waals surface area contributed by atoms with Gasteiger partial charge in [-0.25, -0.2) is 0 Å². The summed E-state index contributed by atoms with van der Waals surface area (Å²) in [4.78, 5) is 1.09. The summed E-state index contributed by atoms with van der Waals surface area (Å²) in [6.45, 7) is 0. The Labute approximate surface area is 105 Å². The van der Waals surface area contributed by atoms with E-state index in [1.54, 1.807) is 23.6 Å². The van der Waals surface area contributed by atoms with E-state index in [1.165, 1.54) is 0 Å². The highest BCUT2D eigenvalue weighted by atomic mass is 32.2. The summed E-state index contributed by atoms with van der Waals surface area (Å²) < 4.78 is 6.95. The number of ether oxygens (including phenoxy) is 1. The van der Waals surface area contributed by atoms with Crippen molar-refractivity contribution in [2.75, 3.05) is 19.1 Å². The maximum Gasteiger partial charge on any atom is 0.132 e. The number of thioether (sulfide) groups is 1. The summed E-state index contributed by atoms with van der Waals surface area (Å²) in [6, 6.07) is 7.86. The molecule has 1 aromatic carbocycles. The predicted octanol–water partition coefficient (Wildman–Crippen LogP) is 2.40. The van der Waals surface area contributed by atoms with Crippen LogP contribution in [0.4, 0.5) is 5.82 Å². The van der Waals surface area contributed by atoms with Gasteiger partial charge in [0, 0.05) is 23.6 Å². The van der Waals surface area contributed by atoms with E-state index in [2.05, 4.69) is 11.2 Å². The summed E-state index contributed by atoms with van der Waals surface area (Å²) in [5.41, 5.74) is 7.70. The summed E-state index contributed by atoms with van der Waals surface area (Å²) in [6.07, 6.45) is 2.02. The van der Waals surface area contributed by atoms with Crippen LogP contribution in [0.1, 0.15) is 0 Å². The standard InChI is InChI=1S/C12H15N3OS/c1-15-12(13)7-9(14-15)8-4-5-10(16-2)11(6-8)17-3/h4-7H,13H2,1-3H3. The fourth-order valence-electron chi connectivity index (χ4n) is 1.62. The van der Waals surface area contributed by atoms with E-state index < -0.39 is 0 Å². The monoisotopic (exact) mass is 249 g/mol. The van der Waals surface area contributed by atoms with Crippen molar-refractivity contribution >= 4 is 17.6 Å². The molecule has 17 heavy (non-hydrogen) atoms. The molecule has 0 atom stereocenters. The first-order chi connectivity index (χ1) is 8.15. The average molecular weight is 249 g/mol. The van der Waals surface area contributed by atoms with Gasteiger partial charge in [0.2, 0.25) is 0 Å². The molecule has 0 amide bonds. The molecular formula is C12H15N3OS. The van der Waals surface area contributed by atoms with Crippen molar-refractivity contribution in [3.8, 4) is 17.0 Å². The average Bonchev–Trinajstić information content (AvgIpc) is 2.68. The van der Waals surface area contributed by atoms with Crippen LogP contribution in [0.3, 0.4) is 0 Å². The van der Waals surface area contributed by atoms with Gasteiger partial charge in [-0.05, 0) is 24.5 Å². The molecule has 2 rings (SSSR count). The van der Waals surface area contributed by atoms with Crippen LogP contribution in [0.15, 0.2) is 29.2 Å². The fourth-order valence-corrected chi connectivity index (χ4v) is 2.22. The fraction of sp³-hybridized carbons (Fsp3) is 0.250. The smallest absolute Gasteiger partial charge is 0.132 e. The minimum absolute atomic E-state index is 0.654. The van der Waals surface area contributed by atoms with Crippen molar-refractivity contribution in [1.29, 1.82) is 0 Å². The lowest BCUT2D eigenvalue weighted by atomic mass is 10.1. The van der Waals surface area contributed by atoms with E-state index in [1.807, 2.05) is 31.5 Å². The zero-order valence-corrected chi connectivity index (χ0v) is 10.9. The summed E-state index contributed by atoms with van der Waals surface area (Å²) in [5, 5.41) is 4.35. The lowest BCUT2D eigenvalue weighted by molar-refractivity contribution is 0.405. The number of aromatic nitrogens is 2. The van der Waals surface area contributed by atoms with E-state index in [9.17, 15) is 0 Å². The lowest BCUT2D eigenvalue weighted by Gasteiger charge is -2.07. The quantitative estimate of drug-likeness (QED) is 0.849. The Kier molecular flexibility index (Phi) is 3.28. The van der Waals surface area contributed by atoms with Gasteiger partial charge >= 0.3 is 0 Å². The van der Waals surface area contributed by atoms with Crippen LogP contribution in [-0.2, 0) is 7.05 Å². The Balaban J connectivity index is 2.46. The number of hydrogen-bond acceptors (Lipinski definition) is 4. The molecule has 0 radical (unpaired) electrons. The Morgan fingerprint density at radius 1 is 1.35 bits per heavy atom. The van der Waals surface area contributed by atoms with E-state index >= 15 is 0 Å². The molecule has 5 heteroatoms. The molecule has 0 spiro atoms. The molecule has 1 heterocycles. The van der Waals surface area contributed by atoms with Crippen molar-refractivity contribution in [3.63, 3.8) is 0 Å². The molecule has 2 aromatic rings. The Morgan fingerprint density at radius 2 is 2.12 bits per heavy atom. The van der Waals surface area contributed by atoms with Crippen molar-refractivity contribution < 1.29 is 4.74 Å². The third kappa shape index (κ3) is 2.24. The van der Waals surface area contributed by atoms with Crippen molar-refractivity contribution in [1.82, 2.24) is 9.78 Å². The van der Waals surface area contributed by atoms with E-state index in [-0.39, 0.29) is 0 Å². The number of aryl methyl sites for hydroxylation is 1. The van der Waals surface area contributed by atoms with Gasteiger partial charge in [-0.15, -0.1) is 11.8 Å². The third-order valence-corrected chi connectivity index (χ3v) is 3.35. The number of nitrogen functional groups attached to an aromatic ring is 1. The van der Waals surface area contributed by atoms with Gasteiger partial charge in [0.25, 0.3) is 0 Å². The number of nitrogens with zero attached hydrogens (tertiary/aromatic N) is 2. The normalized spacial score (nSPS) is 10.5. The molecule has 0 aliphatic heterocycles. The van der Waals surface area contributed by atoms with Crippen molar-refractivity contribution in [3.05, 3.63) is 24.3 Å². The second-order valence-electron chi connectivity index (χ2n) is 3.65. The van der Waals surface area contributed by atoms with Crippen LogP contribution in [-0.4, -0.2) is 23.1 Å². The second kappa shape index (κ2) is 4.71. The van der Waals surface area contributed by atoms with Gasteiger partial charge in [0.15, 0.2) is 0 Å². The minimum Gasteiger partial charge on any atom is -0.496 e. The van der Waals surface area contributed by atoms with E-state index in [4.69, 9.17) is 10.5 Å². The highest BCUT2D eigenvalue weighted by molar-refractivity contribution is 7.98. The molecule has 0 unspecified atom stereocenters. The molecule has 2 N–H and O–H groups in total. The predicted molar refractivity (Wildman–Crippen MR) is 71.4 cm³/mol. The molecule has 1 aromatic heterocycles. The molecule has 0 fully saturated rings. The van der Waals surface area contributed by atoms with Crippen molar-refractivity contribution in [2.45, 2.75) is 4.90 Å². The van der Waals surface area contributed by atoms with Gasteiger partial charge in [0.1, 0.15) is 11.6 Å². The first-order valence-corrected chi connectivity index (χ1v) is 6.40. The lowest BCUT2D eigenvalue weighted by Crippen LogP contribution is -1.96. The summed E-state index contributed by atoms with van der Waals surface area (Å²) >= 11 is 1.65. The molecule has 0 saturated carbocycles. The Bertz CT molecular complexity index is 517. The Morgan fingerprint density at radius 3 is 2.65 bits per heavy atom. The SMILES string of the molecule is COc1ccc(-c2cc(N)n(C)n2)cc1SC. The zero-order valence-electron chi connectivity index (χ0n) is 10.1. The topological polar surface area (TPSA) is 53.1 Å². The molecule has 4 nitrogen and oxygen atoms in total. The van der Waals surface area contributed by atoms with Crippen LogP contribution in [0.5, 0.6) is 5.75 Å². The van der Waals surface area contributed by atoms with Crippen LogP contribution in [0.25, 0.3) is 11.3 Å². The number of benzene rings is 1. The summed E-state index contributed by atoms with van der Waals surface area (Å²) in [5.74, 6) is 1.53. The molecule has 0 saturated heterocycles. The number of methoxy groups -OCH3 is 1. The molecule has 0 aliphatic rings. The Hall–Kier alpha value is -1.62. The van der Waals surface area contributed by atoms with Gasteiger partial charge in [0.05, 0.1) is 12.8 Å². The van der Waals surface area contributed by atoms with E-state index in [0.717, 1.165) is 21.9 Å². The molecule has 0 aliphatic carbocycles. The first kappa shape index (κ1) is 11.9. The molecule has 90 valence electrons. The maximum atomic E-state index is 5.78. The molecule has 0 bridgehead atoms. The number of rotatable bonds is 3. The third-order valence-electron chi connectivity index (χ3n) is 2.60. The zero-order chi connectivity index (χ0) is 12.4. The van der Waals surface area contributed by atoms with Crippen molar-refractivity contribution in [2.24, 2.45) is 7.05 Å². The molecular weight excluding hydrogens is 234 g/mol. The largest absolute Gasteiger partial charge is 0.496 e. The van der Waals surface area contributed by atoms with E-state index in [0.29, 0.717) is 5.82 Å². The van der Waals surface area contributed by atoms with Crippen LogP contribution in [0, 0.1) is 0 Å². The van der Waals surface area contributed by atoms with Crippen LogP contribution in [0.2, 0.25) is 0 Å². The van der Waals surface area contributed by atoms with Gasteiger partial charge in [-0.2, -0.15) is 5.10 Å². The second-order valence-corrected chi connectivity index (χ2v) is 4.50. The number of hydrogen-bond donors (Lipinski definition) is 1. The van der Waals surface area contributed by atoms with Gasteiger partial charge in [-0.1, -0.05) is 0 Å². The van der Waals surface area contributed by atoms with Crippen LogP contribution < -0.4 is 10.5 Å². The first-order valence-electron chi connectivity index (χ1n) is 5.17. The summed E-state index contributed by atoms with van der Waals surface area (Å²) in [7, 11) is 3.51. The number of anilines is 1.